The van der Waals surface area contributed by atoms with E-state index in [0.717, 1.165) is 18.5 Å². The molecule has 114 valence electrons. The van der Waals surface area contributed by atoms with Crippen molar-refractivity contribution >= 4 is 11.0 Å². The van der Waals surface area contributed by atoms with Crippen molar-refractivity contribution in [3.05, 3.63) is 29.6 Å². The first-order chi connectivity index (χ1) is 10.5. The van der Waals surface area contributed by atoms with Crippen LogP contribution < -0.4 is 0 Å². The maximum Gasteiger partial charge on any atom is 0.264 e. The summed E-state index contributed by atoms with van der Waals surface area (Å²) in [6, 6.07) is 3.21. The zero-order valence-electron chi connectivity index (χ0n) is 12.3. The summed E-state index contributed by atoms with van der Waals surface area (Å²) >= 11 is 0. The molecule has 0 aliphatic heterocycles. The third-order valence-corrected chi connectivity index (χ3v) is 4.03. The van der Waals surface area contributed by atoms with Gasteiger partial charge in [0.05, 0.1) is 16.8 Å². The van der Waals surface area contributed by atoms with Crippen LogP contribution in [-0.2, 0) is 14.1 Å². The van der Waals surface area contributed by atoms with E-state index in [1.54, 1.807) is 35.7 Å². The van der Waals surface area contributed by atoms with Gasteiger partial charge in [-0.05, 0) is 25.0 Å². The maximum absolute atomic E-state index is 13.6. The number of fused-ring (bicyclic) bond motifs is 1. The Morgan fingerprint density at radius 3 is 2.55 bits per heavy atom. The highest BCUT2D eigenvalue weighted by Crippen LogP contribution is 2.44. The third kappa shape index (κ3) is 2.00. The number of aryl methyl sites for hydroxylation is 2. The zero-order chi connectivity index (χ0) is 15.4. The van der Waals surface area contributed by atoms with Crippen LogP contribution in [0, 0.1) is 0 Å². The van der Waals surface area contributed by atoms with E-state index in [-0.39, 0.29) is 5.56 Å². The molecule has 1 aliphatic carbocycles. The molecule has 3 aromatic rings. The Labute approximate surface area is 125 Å². The number of hydrogen-bond acceptors (Lipinski definition) is 3. The molecule has 0 amide bonds. The Morgan fingerprint density at radius 2 is 1.95 bits per heavy atom. The first-order valence-electron chi connectivity index (χ1n) is 7.20. The number of halogens is 2. The summed E-state index contributed by atoms with van der Waals surface area (Å²) in [6.07, 6.45) is 1.23. The Bertz CT molecular complexity index is 860. The van der Waals surface area contributed by atoms with Gasteiger partial charge in [0.2, 0.25) is 0 Å². The van der Waals surface area contributed by atoms with E-state index in [9.17, 15) is 8.78 Å². The van der Waals surface area contributed by atoms with Crippen LogP contribution in [0.5, 0.6) is 0 Å². The normalized spacial score (nSPS) is 15.1. The summed E-state index contributed by atoms with van der Waals surface area (Å²) in [5.41, 5.74) is 2.29. The van der Waals surface area contributed by atoms with Crippen LogP contribution in [0.25, 0.3) is 22.4 Å². The zero-order valence-corrected chi connectivity index (χ0v) is 12.3. The molecule has 4 rings (SSSR count). The van der Waals surface area contributed by atoms with Crippen LogP contribution in [0.1, 0.15) is 36.4 Å². The molecule has 0 unspecified atom stereocenters. The first kappa shape index (κ1) is 13.4. The van der Waals surface area contributed by atoms with Gasteiger partial charge in [-0.2, -0.15) is 10.2 Å². The molecule has 1 fully saturated rings. The second kappa shape index (κ2) is 4.59. The maximum atomic E-state index is 13.6. The standard InChI is InChI=1S/C15H15F2N5/c1-21-6-5-10(19-21)11-7-9(14(16)17)12-13(8-3-4-8)20-22(2)15(12)18-11/h5-8,14H,3-4H2,1-2H3. The molecule has 0 N–H and O–H groups in total. The summed E-state index contributed by atoms with van der Waals surface area (Å²) in [5, 5.41) is 9.20. The molecule has 3 aromatic heterocycles. The van der Waals surface area contributed by atoms with Crippen LogP contribution >= 0.6 is 0 Å². The van der Waals surface area contributed by atoms with Crippen LogP contribution in [0.2, 0.25) is 0 Å². The van der Waals surface area contributed by atoms with Crippen LogP contribution in [0.15, 0.2) is 18.3 Å². The number of alkyl halides is 2. The number of pyridine rings is 1. The van der Waals surface area contributed by atoms with Gasteiger partial charge in [-0.15, -0.1) is 0 Å². The average molecular weight is 303 g/mol. The van der Waals surface area contributed by atoms with Crippen molar-refractivity contribution in [2.24, 2.45) is 14.1 Å². The van der Waals surface area contributed by atoms with E-state index in [1.165, 1.54) is 6.07 Å². The number of rotatable bonds is 3. The van der Waals surface area contributed by atoms with E-state index in [2.05, 4.69) is 15.2 Å². The second-order valence-electron chi connectivity index (χ2n) is 5.75. The van der Waals surface area contributed by atoms with Gasteiger partial charge in [-0.3, -0.25) is 9.36 Å². The minimum atomic E-state index is -2.56. The molecule has 0 bridgehead atoms. The predicted octanol–water partition coefficient (Wildman–Crippen LogP) is 3.18. The van der Waals surface area contributed by atoms with Gasteiger partial charge >= 0.3 is 0 Å². The molecule has 1 aliphatic rings. The minimum Gasteiger partial charge on any atom is -0.275 e. The monoisotopic (exact) mass is 303 g/mol. The molecule has 0 spiro atoms. The van der Waals surface area contributed by atoms with Crippen molar-refractivity contribution in [2.75, 3.05) is 0 Å². The lowest BCUT2D eigenvalue weighted by Gasteiger charge is -2.06. The van der Waals surface area contributed by atoms with Crippen molar-refractivity contribution in [1.82, 2.24) is 24.5 Å². The van der Waals surface area contributed by atoms with Gasteiger partial charge in [0, 0.05) is 31.8 Å². The third-order valence-electron chi connectivity index (χ3n) is 4.03. The molecule has 22 heavy (non-hydrogen) atoms. The molecule has 0 aromatic carbocycles. The van der Waals surface area contributed by atoms with Crippen molar-refractivity contribution in [1.29, 1.82) is 0 Å². The SMILES string of the molecule is Cn1ccc(-c2cc(C(F)F)c3c(C4CC4)nn(C)c3n2)n1. The smallest absolute Gasteiger partial charge is 0.264 e. The van der Waals surface area contributed by atoms with Crippen LogP contribution in [-0.4, -0.2) is 24.5 Å². The Kier molecular flexibility index (Phi) is 2.79. The summed E-state index contributed by atoms with van der Waals surface area (Å²) in [6.45, 7) is 0. The lowest BCUT2D eigenvalue weighted by Crippen LogP contribution is -1.97. The molecule has 0 atom stereocenters. The lowest BCUT2D eigenvalue weighted by atomic mass is 10.1. The van der Waals surface area contributed by atoms with Gasteiger partial charge in [-0.1, -0.05) is 0 Å². The molecular weight excluding hydrogens is 288 g/mol. The average Bonchev–Trinajstić information content (AvgIpc) is 3.16. The van der Waals surface area contributed by atoms with E-state index >= 15 is 0 Å². The van der Waals surface area contributed by atoms with Gasteiger partial charge in [0.1, 0.15) is 5.69 Å². The van der Waals surface area contributed by atoms with E-state index < -0.39 is 6.43 Å². The fraction of sp³-hybridized carbons (Fsp3) is 0.400. The van der Waals surface area contributed by atoms with Crippen molar-refractivity contribution in [3.63, 3.8) is 0 Å². The summed E-state index contributed by atoms with van der Waals surface area (Å²) in [7, 11) is 3.53. The van der Waals surface area contributed by atoms with E-state index in [4.69, 9.17) is 0 Å². The molecule has 7 heteroatoms. The number of nitrogens with zero attached hydrogens (tertiary/aromatic N) is 5. The largest absolute Gasteiger partial charge is 0.275 e. The predicted molar refractivity (Wildman–Crippen MR) is 77.6 cm³/mol. The molecular formula is C15H15F2N5. The Balaban J connectivity index is 2.00. The van der Waals surface area contributed by atoms with Gasteiger partial charge in [-0.25, -0.2) is 13.8 Å². The molecule has 5 nitrogen and oxygen atoms in total. The Morgan fingerprint density at radius 1 is 1.18 bits per heavy atom. The second-order valence-corrected chi connectivity index (χ2v) is 5.75. The number of aromatic nitrogens is 5. The summed E-state index contributed by atoms with van der Waals surface area (Å²) < 4.78 is 30.4. The highest BCUT2D eigenvalue weighted by atomic mass is 19.3. The first-order valence-corrected chi connectivity index (χ1v) is 7.20. The van der Waals surface area contributed by atoms with Gasteiger partial charge in [0.15, 0.2) is 5.65 Å². The van der Waals surface area contributed by atoms with E-state index in [0.29, 0.717) is 28.3 Å². The molecule has 3 heterocycles. The quantitative estimate of drug-likeness (QED) is 0.746. The molecule has 0 radical (unpaired) electrons. The van der Waals surface area contributed by atoms with Crippen LogP contribution in [0.3, 0.4) is 0 Å². The van der Waals surface area contributed by atoms with Gasteiger partial charge in [0.25, 0.3) is 6.43 Å². The minimum absolute atomic E-state index is 0.000605. The fourth-order valence-electron chi connectivity index (χ4n) is 2.80. The molecule has 0 saturated heterocycles. The molecule has 1 saturated carbocycles. The number of hydrogen-bond donors (Lipinski definition) is 0. The van der Waals surface area contributed by atoms with Gasteiger partial charge < -0.3 is 0 Å². The highest BCUT2D eigenvalue weighted by Gasteiger charge is 2.32. The van der Waals surface area contributed by atoms with Crippen molar-refractivity contribution in [3.8, 4) is 11.4 Å². The van der Waals surface area contributed by atoms with Crippen molar-refractivity contribution < 1.29 is 8.78 Å². The van der Waals surface area contributed by atoms with Crippen LogP contribution in [0.4, 0.5) is 8.78 Å². The fourth-order valence-corrected chi connectivity index (χ4v) is 2.80. The highest BCUT2D eigenvalue weighted by molar-refractivity contribution is 5.86. The lowest BCUT2D eigenvalue weighted by molar-refractivity contribution is 0.153. The topological polar surface area (TPSA) is 48.5 Å². The summed E-state index contributed by atoms with van der Waals surface area (Å²) in [5.74, 6) is 0.295. The summed E-state index contributed by atoms with van der Waals surface area (Å²) in [4.78, 5) is 4.52. The van der Waals surface area contributed by atoms with E-state index in [1.807, 2.05) is 0 Å². The Hall–Kier alpha value is -2.31. The van der Waals surface area contributed by atoms with Crippen molar-refractivity contribution in [2.45, 2.75) is 25.2 Å².